The van der Waals surface area contributed by atoms with Gasteiger partial charge in [0.05, 0.1) is 20.3 Å². The smallest absolute Gasteiger partial charge is 0.271 e. The van der Waals surface area contributed by atoms with Crippen molar-refractivity contribution in [1.29, 1.82) is 0 Å². The van der Waals surface area contributed by atoms with Gasteiger partial charge in [0.1, 0.15) is 22.8 Å². The Kier molecular flexibility index (Phi) is 8.82. The third-order valence-electron chi connectivity index (χ3n) is 5.19. The maximum Gasteiger partial charge on any atom is 0.271 e. The molecule has 0 aromatic heterocycles. The molecule has 1 unspecified atom stereocenters. The molecule has 1 heterocycles. The van der Waals surface area contributed by atoms with Crippen LogP contribution in [0.5, 0.6) is 0 Å². The fourth-order valence-electron chi connectivity index (χ4n) is 3.27. The highest BCUT2D eigenvalue weighted by Gasteiger charge is 2.55. The maximum atomic E-state index is 13.6. The van der Waals surface area contributed by atoms with Crippen LogP contribution in [-0.4, -0.2) is 63.8 Å². The van der Waals surface area contributed by atoms with E-state index in [-0.39, 0.29) is 12.5 Å². The summed E-state index contributed by atoms with van der Waals surface area (Å²) in [7, 11) is -3.81. The van der Waals surface area contributed by atoms with Crippen LogP contribution in [0.15, 0.2) is 24.3 Å². The zero-order valence-electron chi connectivity index (χ0n) is 19.8. The second-order valence-electron chi connectivity index (χ2n) is 10.1. The van der Waals surface area contributed by atoms with E-state index in [1.54, 1.807) is 12.1 Å². The van der Waals surface area contributed by atoms with Crippen molar-refractivity contribution >= 4 is 29.6 Å². The average molecular weight is 492 g/mol. The summed E-state index contributed by atoms with van der Waals surface area (Å²) >= 11 is -1.39. The zero-order valence-corrected chi connectivity index (χ0v) is 22.4. The number of hydrogen-bond donors (Lipinski definition) is 0. The van der Waals surface area contributed by atoms with Crippen LogP contribution in [0.1, 0.15) is 31.9 Å². The average Bonchev–Trinajstić information content (AvgIpc) is 2.61. The third-order valence-corrected chi connectivity index (χ3v) is 9.97. The number of benzene rings is 1. The van der Waals surface area contributed by atoms with Crippen LogP contribution in [0.2, 0.25) is 25.7 Å². The van der Waals surface area contributed by atoms with Crippen molar-refractivity contribution in [3.05, 3.63) is 35.4 Å². The molecular formula is C21H37NO6S2Si. The van der Waals surface area contributed by atoms with Crippen LogP contribution in [0.25, 0.3) is 0 Å². The van der Waals surface area contributed by atoms with Gasteiger partial charge in [-0.1, -0.05) is 48.2 Å². The summed E-state index contributed by atoms with van der Waals surface area (Å²) in [4.78, 5) is 0. The summed E-state index contributed by atoms with van der Waals surface area (Å²) in [6, 6.07) is 8.33. The van der Waals surface area contributed by atoms with E-state index in [4.69, 9.17) is 9.47 Å². The van der Waals surface area contributed by atoms with E-state index in [1.165, 1.54) is 0 Å². The molecule has 1 aromatic rings. The molecule has 1 fully saturated rings. The van der Waals surface area contributed by atoms with Crippen LogP contribution in [0, 0.1) is 0 Å². The van der Waals surface area contributed by atoms with E-state index in [1.807, 2.05) is 37.2 Å². The van der Waals surface area contributed by atoms with E-state index in [9.17, 15) is 13.0 Å². The minimum Gasteiger partial charge on any atom is -0.597 e. The molecular weight excluding hydrogens is 454 g/mol. The highest BCUT2D eigenvalue weighted by atomic mass is 32.2. The molecule has 1 aliphatic heterocycles. The van der Waals surface area contributed by atoms with E-state index in [0.717, 1.165) is 18.7 Å². The van der Waals surface area contributed by atoms with Gasteiger partial charge in [0.2, 0.25) is 0 Å². The van der Waals surface area contributed by atoms with Gasteiger partial charge in [0.15, 0.2) is 0 Å². The van der Waals surface area contributed by atoms with Gasteiger partial charge in [-0.05, 0) is 37.9 Å². The predicted octanol–water partition coefficient (Wildman–Crippen LogP) is 3.46. The summed E-state index contributed by atoms with van der Waals surface area (Å²) in [5.74, 6) is -0.256. The van der Waals surface area contributed by atoms with Crippen molar-refractivity contribution in [3.8, 4) is 0 Å². The molecule has 0 N–H and O–H groups in total. The predicted molar refractivity (Wildman–Crippen MR) is 127 cm³/mol. The molecule has 0 radical (unpaired) electrons. The lowest BCUT2D eigenvalue weighted by molar-refractivity contribution is -0.140. The standard InChI is InChI=1S/C21H37NO6S2Si/c1-20(2,3)29(23)22(17-27-12-13-31(5,6)7)21(15-28-16-21)19-11-9-8-10-18(19)14-30(24,25)26-4/h8-11H,12-17H2,1-7H3. The Hall–Kier alpha value is -0.463. The molecule has 10 heteroatoms. The van der Waals surface area contributed by atoms with Gasteiger partial charge >= 0.3 is 0 Å². The Labute approximate surface area is 191 Å². The Morgan fingerprint density at radius 3 is 2.32 bits per heavy atom. The molecule has 0 amide bonds. The summed E-state index contributed by atoms with van der Waals surface area (Å²) in [5.41, 5.74) is 0.677. The van der Waals surface area contributed by atoms with E-state index in [2.05, 4.69) is 23.8 Å². The molecule has 178 valence electrons. The topological polar surface area (TPSA) is 88.1 Å². The van der Waals surface area contributed by atoms with E-state index >= 15 is 0 Å². The van der Waals surface area contributed by atoms with E-state index in [0.29, 0.717) is 25.4 Å². The molecule has 1 atom stereocenters. The first-order valence-electron chi connectivity index (χ1n) is 10.4. The first kappa shape index (κ1) is 26.8. The Balaban J connectivity index is 2.41. The first-order valence-corrected chi connectivity index (χ1v) is 16.8. The first-order chi connectivity index (χ1) is 14.2. The van der Waals surface area contributed by atoms with Gasteiger partial charge < -0.3 is 14.0 Å². The van der Waals surface area contributed by atoms with Crippen molar-refractivity contribution in [3.63, 3.8) is 0 Å². The molecule has 1 saturated heterocycles. The number of ether oxygens (including phenoxy) is 2. The summed E-state index contributed by atoms with van der Waals surface area (Å²) in [6.07, 6.45) is 0. The minimum absolute atomic E-state index is 0.184. The molecule has 2 rings (SSSR count). The lowest BCUT2D eigenvalue weighted by Crippen LogP contribution is -2.64. The van der Waals surface area contributed by atoms with Gasteiger partial charge in [0.25, 0.3) is 10.1 Å². The quantitative estimate of drug-likeness (QED) is 0.154. The van der Waals surface area contributed by atoms with Gasteiger partial charge in [0, 0.05) is 26.0 Å². The SMILES string of the molecule is COS(=O)(=O)Cc1ccccc1C1(N(COCC[Si](C)(C)C)[S+]([O-])C(C)(C)C)COC1. The van der Waals surface area contributed by atoms with E-state index < -0.39 is 39.8 Å². The van der Waals surface area contributed by atoms with Crippen LogP contribution in [0.4, 0.5) is 0 Å². The monoisotopic (exact) mass is 491 g/mol. The molecule has 7 nitrogen and oxygen atoms in total. The third kappa shape index (κ3) is 7.01. The summed E-state index contributed by atoms with van der Waals surface area (Å²) in [6.45, 7) is 14.0. The normalized spacial score (nSPS) is 18.1. The number of hydrogen-bond acceptors (Lipinski definition) is 7. The highest BCUT2D eigenvalue weighted by Crippen LogP contribution is 2.42. The second kappa shape index (κ2) is 10.2. The Morgan fingerprint density at radius 2 is 1.84 bits per heavy atom. The Morgan fingerprint density at radius 1 is 1.23 bits per heavy atom. The van der Waals surface area contributed by atoms with Crippen LogP contribution < -0.4 is 0 Å². The number of rotatable bonds is 11. The zero-order chi connectivity index (χ0) is 23.5. The molecule has 1 aromatic carbocycles. The van der Waals surface area contributed by atoms with Crippen molar-refractivity contribution in [2.24, 2.45) is 0 Å². The van der Waals surface area contributed by atoms with Crippen molar-refractivity contribution in [2.45, 2.75) is 62.5 Å². The molecule has 0 bridgehead atoms. The largest absolute Gasteiger partial charge is 0.597 e. The van der Waals surface area contributed by atoms with Crippen molar-refractivity contribution in [1.82, 2.24) is 4.31 Å². The maximum absolute atomic E-state index is 13.6. The molecule has 1 aliphatic rings. The van der Waals surface area contributed by atoms with Crippen molar-refractivity contribution in [2.75, 3.05) is 33.7 Å². The summed E-state index contributed by atoms with van der Waals surface area (Å²) in [5, 5.41) is 0. The second-order valence-corrected chi connectivity index (χ2v) is 19.7. The molecule has 0 spiro atoms. The molecule has 0 saturated carbocycles. The van der Waals surface area contributed by atoms with Crippen molar-refractivity contribution < 1.29 is 26.6 Å². The molecule has 0 aliphatic carbocycles. The highest BCUT2D eigenvalue weighted by molar-refractivity contribution is 7.90. The lowest BCUT2D eigenvalue weighted by atomic mass is 9.85. The fourth-order valence-corrected chi connectivity index (χ4v) is 6.13. The Bertz CT molecular complexity index is 831. The van der Waals surface area contributed by atoms with Gasteiger partial charge in [-0.25, -0.2) is 0 Å². The van der Waals surface area contributed by atoms with Gasteiger partial charge in [-0.3, -0.25) is 4.18 Å². The van der Waals surface area contributed by atoms with Crippen LogP contribution in [0.3, 0.4) is 0 Å². The summed E-state index contributed by atoms with van der Waals surface area (Å²) < 4.78 is 55.6. The minimum atomic E-state index is -3.71. The van der Waals surface area contributed by atoms with Crippen LogP contribution >= 0.6 is 0 Å². The fraction of sp³-hybridized carbons (Fsp3) is 0.714. The van der Waals surface area contributed by atoms with Gasteiger partial charge in [-0.15, -0.1) is 0 Å². The lowest BCUT2D eigenvalue weighted by Gasteiger charge is -2.50. The number of nitrogens with zero attached hydrogens (tertiary/aromatic N) is 1. The molecule has 31 heavy (non-hydrogen) atoms. The van der Waals surface area contributed by atoms with Crippen LogP contribution in [-0.2, 0) is 46.4 Å². The van der Waals surface area contributed by atoms with Gasteiger partial charge in [-0.2, -0.15) is 8.42 Å².